The van der Waals surface area contributed by atoms with Gasteiger partial charge in [-0.15, -0.1) is 0 Å². The van der Waals surface area contributed by atoms with E-state index in [1.807, 2.05) is 25.1 Å². The lowest BCUT2D eigenvalue weighted by Crippen LogP contribution is -2.29. The smallest absolute Gasteiger partial charge is 0.255 e. The number of aryl methyl sites for hydroxylation is 2. The highest BCUT2D eigenvalue weighted by Gasteiger charge is 2.19. The molecule has 0 bridgehead atoms. The molecule has 0 spiro atoms. The average molecular weight is 361 g/mol. The molecular formula is C21H23N5O. The van der Waals surface area contributed by atoms with Crippen LogP contribution < -0.4 is 10.6 Å². The van der Waals surface area contributed by atoms with Gasteiger partial charge in [0.2, 0.25) is 5.95 Å². The van der Waals surface area contributed by atoms with E-state index in [1.54, 1.807) is 12.4 Å². The summed E-state index contributed by atoms with van der Waals surface area (Å²) >= 11 is 0. The number of hydrogen-bond donors (Lipinski definition) is 2. The van der Waals surface area contributed by atoms with E-state index < -0.39 is 0 Å². The third-order valence-corrected chi connectivity index (χ3v) is 4.41. The molecule has 0 saturated heterocycles. The van der Waals surface area contributed by atoms with Gasteiger partial charge in [0.15, 0.2) is 0 Å². The average Bonchev–Trinajstić information content (AvgIpc) is 2.70. The van der Waals surface area contributed by atoms with Gasteiger partial charge in [0.05, 0.1) is 11.6 Å². The van der Waals surface area contributed by atoms with Crippen LogP contribution in [0, 0.1) is 13.8 Å². The fraction of sp³-hybridized carbons (Fsp3) is 0.238. The number of aromatic nitrogens is 3. The second-order valence-electron chi connectivity index (χ2n) is 6.36. The normalized spacial score (nSPS) is 11.7. The summed E-state index contributed by atoms with van der Waals surface area (Å²) in [6.07, 6.45) is 6.54. The first-order valence-corrected chi connectivity index (χ1v) is 8.92. The van der Waals surface area contributed by atoms with Crippen molar-refractivity contribution in [2.45, 2.75) is 26.8 Å². The lowest BCUT2D eigenvalue weighted by Gasteiger charge is -2.20. The highest BCUT2D eigenvalue weighted by Crippen LogP contribution is 2.24. The summed E-state index contributed by atoms with van der Waals surface area (Å²) < 4.78 is 0. The number of rotatable bonds is 6. The fourth-order valence-electron chi connectivity index (χ4n) is 2.76. The zero-order chi connectivity index (χ0) is 19.2. The van der Waals surface area contributed by atoms with Crippen molar-refractivity contribution in [3.63, 3.8) is 0 Å². The number of anilines is 1. The van der Waals surface area contributed by atoms with Crippen LogP contribution in [-0.2, 0) is 0 Å². The standard InChI is InChI=1S/C21H23N5O/c1-4-23-21-24-12-18(13-25-21)20(27)26-19(17-6-5-9-22-11-17)16-8-7-14(2)15(3)10-16/h5-13,19H,4H2,1-3H3,(H,26,27)(H,23,24,25). The van der Waals surface area contributed by atoms with Gasteiger partial charge in [-0.05, 0) is 49.1 Å². The van der Waals surface area contributed by atoms with E-state index in [0.717, 1.165) is 17.7 Å². The third kappa shape index (κ3) is 4.47. The molecule has 0 radical (unpaired) electrons. The van der Waals surface area contributed by atoms with Gasteiger partial charge in [0, 0.05) is 31.3 Å². The molecule has 1 amide bonds. The molecule has 2 heterocycles. The third-order valence-electron chi connectivity index (χ3n) is 4.41. The summed E-state index contributed by atoms with van der Waals surface area (Å²) in [7, 11) is 0. The monoisotopic (exact) mass is 361 g/mol. The van der Waals surface area contributed by atoms with Gasteiger partial charge in [-0.25, -0.2) is 9.97 Å². The van der Waals surface area contributed by atoms with Gasteiger partial charge >= 0.3 is 0 Å². The summed E-state index contributed by atoms with van der Waals surface area (Å²) in [5.41, 5.74) is 4.72. The van der Waals surface area contributed by atoms with E-state index in [2.05, 4.69) is 51.6 Å². The molecule has 1 atom stereocenters. The minimum absolute atomic E-state index is 0.231. The van der Waals surface area contributed by atoms with Crippen LogP contribution in [0.3, 0.4) is 0 Å². The maximum absolute atomic E-state index is 12.8. The van der Waals surface area contributed by atoms with Gasteiger partial charge in [0.25, 0.3) is 5.91 Å². The summed E-state index contributed by atoms with van der Waals surface area (Å²) in [6, 6.07) is 9.71. The van der Waals surface area contributed by atoms with E-state index in [1.165, 1.54) is 23.5 Å². The molecule has 0 aliphatic carbocycles. The van der Waals surface area contributed by atoms with Gasteiger partial charge in [-0.3, -0.25) is 9.78 Å². The van der Waals surface area contributed by atoms with Crippen LogP contribution >= 0.6 is 0 Å². The summed E-state index contributed by atoms with van der Waals surface area (Å²) in [5, 5.41) is 6.10. The predicted octanol–water partition coefficient (Wildman–Crippen LogP) is 3.44. The lowest BCUT2D eigenvalue weighted by molar-refractivity contribution is 0.0942. The van der Waals surface area contributed by atoms with Gasteiger partial charge in [0.1, 0.15) is 0 Å². The summed E-state index contributed by atoms with van der Waals surface area (Å²) in [5.74, 6) is 0.275. The maximum Gasteiger partial charge on any atom is 0.255 e. The van der Waals surface area contributed by atoms with Crippen molar-refractivity contribution in [3.05, 3.63) is 82.9 Å². The number of nitrogens with one attached hydrogen (secondary N) is 2. The lowest BCUT2D eigenvalue weighted by atomic mass is 9.96. The van der Waals surface area contributed by atoms with Crippen LogP contribution in [0.2, 0.25) is 0 Å². The zero-order valence-electron chi connectivity index (χ0n) is 15.7. The van der Waals surface area contributed by atoms with E-state index in [-0.39, 0.29) is 11.9 Å². The number of carbonyl (C=O) groups is 1. The number of benzene rings is 1. The Balaban J connectivity index is 1.89. The molecule has 2 aromatic heterocycles. The van der Waals surface area contributed by atoms with Crippen LogP contribution in [0.1, 0.15) is 45.6 Å². The summed E-state index contributed by atoms with van der Waals surface area (Å²) in [4.78, 5) is 25.3. The number of amides is 1. The molecule has 6 nitrogen and oxygen atoms in total. The van der Waals surface area contributed by atoms with E-state index in [0.29, 0.717) is 11.5 Å². The molecule has 1 unspecified atom stereocenters. The quantitative estimate of drug-likeness (QED) is 0.703. The van der Waals surface area contributed by atoms with Crippen LogP contribution in [-0.4, -0.2) is 27.4 Å². The summed E-state index contributed by atoms with van der Waals surface area (Å²) in [6.45, 7) is 6.82. The predicted molar refractivity (Wildman–Crippen MR) is 106 cm³/mol. The Morgan fingerprint density at radius 2 is 1.81 bits per heavy atom. The molecule has 6 heteroatoms. The Bertz CT molecular complexity index is 910. The topological polar surface area (TPSA) is 79.8 Å². The number of pyridine rings is 1. The van der Waals surface area contributed by atoms with Crippen molar-refractivity contribution in [1.29, 1.82) is 0 Å². The molecule has 3 aromatic rings. The van der Waals surface area contributed by atoms with Crippen LogP contribution in [0.25, 0.3) is 0 Å². The second-order valence-corrected chi connectivity index (χ2v) is 6.36. The SMILES string of the molecule is CCNc1ncc(C(=O)NC(c2cccnc2)c2ccc(C)c(C)c2)cn1. The highest BCUT2D eigenvalue weighted by molar-refractivity contribution is 5.94. The minimum Gasteiger partial charge on any atom is -0.355 e. The first kappa shape index (κ1) is 18.5. The molecular weight excluding hydrogens is 338 g/mol. The molecule has 2 N–H and O–H groups in total. The Morgan fingerprint density at radius 1 is 1.04 bits per heavy atom. The van der Waals surface area contributed by atoms with Gasteiger partial charge < -0.3 is 10.6 Å². The zero-order valence-corrected chi connectivity index (χ0v) is 15.7. The molecule has 0 saturated carbocycles. The molecule has 0 fully saturated rings. The van der Waals surface area contributed by atoms with E-state index in [9.17, 15) is 4.79 Å². The van der Waals surface area contributed by atoms with Crippen molar-refractivity contribution in [2.24, 2.45) is 0 Å². The Morgan fingerprint density at radius 3 is 2.44 bits per heavy atom. The molecule has 0 aliphatic heterocycles. The largest absolute Gasteiger partial charge is 0.355 e. The van der Waals surface area contributed by atoms with Gasteiger partial charge in [-0.1, -0.05) is 24.3 Å². The van der Waals surface area contributed by atoms with Crippen molar-refractivity contribution < 1.29 is 4.79 Å². The van der Waals surface area contributed by atoms with Crippen LogP contribution in [0.5, 0.6) is 0 Å². The van der Waals surface area contributed by atoms with Crippen molar-refractivity contribution in [2.75, 3.05) is 11.9 Å². The van der Waals surface area contributed by atoms with Gasteiger partial charge in [-0.2, -0.15) is 0 Å². The number of carbonyl (C=O) groups excluding carboxylic acids is 1. The Labute approximate surface area is 159 Å². The minimum atomic E-state index is -0.307. The van der Waals surface area contributed by atoms with E-state index >= 15 is 0 Å². The first-order valence-electron chi connectivity index (χ1n) is 8.92. The number of nitrogens with zero attached hydrogens (tertiary/aromatic N) is 3. The second kappa shape index (κ2) is 8.40. The van der Waals surface area contributed by atoms with Crippen molar-refractivity contribution >= 4 is 11.9 Å². The van der Waals surface area contributed by atoms with E-state index in [4.69, 9.17) is 0 Å². The first-order chi connectivity index (χ1) is 13.1. The molecule has 1 aromatic carbocycles. The van der Waals surface area contributed by atoms with Crippen LogP contribution in [0.4, 0.5) is 5.95 Å². The Hall–Kier alpha value is -3.28. The molecule has 3 rings (SSSR count). The van der Waals surface area contributed by atoms with Crippen molar-refractivity contribution in [3.8, 4) is 0 Å². The highest BCUT2D eigenvalue weighted by atomic mass is 16.1. The molecule has 138 valence electrons. The fourth-order valence-corrected chi connectivity index (χ4v) is 2.76. The van der Waals surface area contributed by atoms with Crippen LogP contribution in [0.15, 0.2) is 55.1 Å². The Kier molecular flexibility index (Phi) is 5.76. The molecule has 27 heavy (non-hydrogen) atoms. The maximum atomic E-state index is 12.8. The molecule has 0 aliphatic rings. The van der Waals surface area contributed by atoms with Crippen molar-refractivity contribution in [1.82, 2.24) is 20.3 Å². The number of hydrogen-bond acceptors (Lipinski definition) is 5.